The Kier molecular flexibility index (Phi) is 6.43. The number of esters is 1. The Morgan fingerprint density at radius 1 is 1.24 bits per heavy atom. The van der Waals surface area contributed by atoms with E-state index in [1.807, 2.05) is 0 Å². The van der Waals surface area contributed by atoms with Gasteiger partial charge in [0.05, 0.1) is 13.0 Å². The summed E-state index contributed by atoms with van der Waals surface area (Å²) in [5.74, 6) is -0.273. The number of hydrogen-bond donors (Lipinski definition) is 2. The molecule has 5 heteroatoms. The average molecular weight is 242 g/mol. The number of carbonyl (C=O) groups excluding carboxylic acids is 2. The van der Waals surface area contributed by atoms with E-state index in [2.05, 4.69) is 10.6 Å². The monoisotopic (exact) mass is 242 g/mol. The Hall–Kier alpha value is -1.26. The molecule has 1 rings (SSSR count). The highest BCUT2D eigenvalue weighted by Gasteiger charge is 2.15. The van der Waals surface area contributed by atoms with Crippen molar-refractivity contribution in [2.24, 2.45) is 0 Å². The molecule has 0 aromatic carbocycles. The summed E-state index contributed by atoms with van der Waals surface area (Å²) in [5, 5.41) is 5.59. The number of urea groups is 1. The van der Waals surface area contributed by atoms with E-state index in [-0.39, 0.29) is 18.4 Å². The zero-order chi connectivity index (χ0) is 12.5. The second-order valence-electron chi connectivity index (χ2n) is 4.29. The van der Waals surface area contributed by atoms with Gasteiger partial charge in [0.1, 0.15) is 0 Å². The standard InChI is InChI=1S/C12H22N2O3/c1-2-17-11(15)8-9-13-12(16)14-10-6-4-3-5-7-10/h10H,2-9H2,1H3,(H2,13,14,16). The van der Waals surface area contributed by atoms with Gasteiger partial charge in [-0.15, -0.1) is 0 Å². The summed E-state index contributed by atoms with van der Waals surface area (Å²) in [5.41, 5.74) is 0. The van der Waals surface area contributed by atoms with E-state index in [0.717, 1.165) is 12.8 Å². The summed E-state index contributed by atoms with van der Waals surface area (Å²) in [6.07, 6.45) is 5.99. The minimum absolute atomic E-state index is 0.179. The van der Waals surface area contributed by atoms with Crippen LogP contribution in [0.5, 0.6) is 0 Å². The quantitative estimate of drug-likeness (QED) is 0.719. The molecule has 0 bridgehead atoms. The molecule has 2 amide bonds. The van der Waals surface area contributed by atoms with Crippen LogP contribution in [-0.4, -0.2) is 31.2 Å². The lowest BCUT2D eigenvalue weighted by Crippen LogP contribution is -2.43. The lowest BCUT2D eigenvalue weighted by atomic mass is 9.96. The van der Waals surface area contributed by atoms with E-state index >= 15 is 0 Å². The molecule has 98 valence electrons. The van der Waals surface area contributed by atoms with Gasteiger partial charge in [0.15, 0.2) is 0 Å². The van der Waals surface area contributed by atoms with Crippen LogP contribution in [0.2, 0.25) is 0 Å². The first-order chi connectivity index (χ1) is 8.22. The zero-order valence-electron chi connectivity index (χ0n) is 10.5. The molecule has 1 aliphatic rings. The van der Waals surface area contributed by atoms with Crippen molar-refractivity contribution in [1.82, 2.24) is 10.6 Å². The lowest BCUT2D eigenvalue weighted by molar-refractivity contribution is -0.142. The van der Waals surface area contributed by atoms with Gasteiger partial charge in [-0.3, -0.25) is 4.79 Å². The van der Waals surface area contributed by atoms with Crippen molar-refractivity contribution in [3.8, 4) is 0 Å². The minimum Gasteiger partial charge on any atom is -0.466 e. The number of amides is 2. The van der Waals surface area contributed by atoms with Crippen molar-refractivity contribution >= 4 is 12.0 Å². The first-order valence-corrected chi connectivity index (χ1v) is 6.42. The average Bonchev–Trinajstić information content (AvgIpc) is 2.30. The summed E-state index contributed by atoms with van der Waals surface area (Å²) < 4.78 is 4.76. The van der Waals surface area contributed by atoms with Gasteiger partial charge in [0.25, 0.3) is 0 Å². The smallest absolute Gasteiger partial charge is 0.315 e. The van der Waals surface area contributed by atoms with E-state index in [4.69, 9.17) is 4.74 Å². The molecule has 1 saturated carbocycles. The second kappa shape index (κ2) is 7.92. The van der Waals surface area contributed by atoms with E-state index in [9.17, 15) is 9.59 Å². The van der Waals surface area contributed by atoms with Gasteiger partial charge in [-0.2, -0.15) is 0 Å². The van der Waals surface area contributed by atoms with Crippen molar-refractivity contribution in [2.45, 2.75) is 51.5 Å². The first-order valence-electron chi connectivity index (χ1n) is 6.42. The van der Waals surface area contributed by atoms with Crippen LogP contribution in [-0.2, 0) is 9.53 Å². The fourth-order valence-corrected chi connectivity index (χ4v) is 1.99. The Morgan fingerprint density at radius 3 is 2.59 bits per heavy atom. The predicted molar refractivity (Wildman–Crippen MR) is 64.7 cm³/mol. The fourth-order valence-electron chi connectivity index (χ4n) is 1.99. The molecule has 0 saturated heterocycles. The molecule has 0 aromatic rings. The zero-order valence-corrected chi connectivity index (χ0v) is 10.5. The SMILES string of the molecule is CCOC(=O)CCNC(=O)NC1CCCCC1. The third kappa shape index (κ3) is 6.14. The van der Waals surface area contributed by atoms with Crippen LogP contribution in [0.3, 0.4) is 0 Å². The molecule has 0 unspecified atom stereocenters. The minimum atomic E-state index is -0.273. The van der Waals surface area contributed by atoms with Crippen molar-refractivity contribution in [3.63, 3.8) is 0 Å². The summed E-state index contributed by atoms with van der Waals surface area (Å²) in [6, 6.07) is 0.118. The van der Waals surface area contributed by atoms with Crippen LogP contribution in [0.15, 0.2) is 0 Å². The second-order valence-corrected chi connectivity index (χ2v) is 4.29. The van der Waals surface area contributed by atoms with Crippen LogP contribution in [0.25, 0.3) is 0 Å². The maximum atomic E-state index is 11.5. The van der Waals surface area contributed by atoms with E-state index in [1.165, 1.54) is 19.3 Å². The molecule has 5 nitrogen and oxygen atoms in total. The molecule has 17 heavy (non-hydrogen) atoms. The summed E-state index contributed by atoms with van der Waals surface area (Å²) in [6.45, 7) is 2.48. The summed E-state index contributed by atoms with van der Waals surface area (Å²) in [4.78, 5) is 22.5. The van der Waals surface area contributed by atoms with Gasteiger partial charge >= 0.3 is 12.0 Å². The van der Waals surface area contributed by atoms with Crippen LogP contribution < -0.4 is 10.6 Å². The largest absolute Gasteiger partial charge is 0.466 e. The Morgan fingerprint density at radius 2 is 1.94 bits per heavy atom. The Bertz CT molecular complexity index is 250. The van der Waals surface area contributed by atoms with Crippen molar-refractivity contribution in [3.05, 3.63) is 0 Å². The van der Waals surface area contributed by atoms with E-state index in [1.54, 1.807) is 6.92 Å². The van der Waals surface area contributed by atoms with Crippen molar-refractivity contribution in [2.75, 3.05) is 13.2 Å². The molecule has 1 fully saturated rings. The molecule has 0 radical (unpaired) electrons. The van der Waals surface area contributed by atoms with Gasteiger partial charge < -0.3 is 15.4 Å². The normalized spacial score (nSPS) is 16.3. The fraction of sp³-hybridized carbons (Fsp3) is 0.833. The number of ether oxygens (including phenoxy) is 1. The highest BCUT2D eigenvalue weighted by molar-refractivity contribution is 5.75. The van der Waals surface area contributed by atoms with Gasteiger partial charge in [-0.25, -0.2) is 4.79 Å². The number of nitrogens with one attached hydrogen (secondary N) is 2. The summed E-state index contributed by atoms with van der Waals surface area (Å²) in [7, 11) is 0. The number of carbonyl (C=O) groups is 2. The van der Waals surface area contributed by atoms with Crippen LogP contribution in [0, 0.1) is 0 Å². The maximum Gasteiger partial charge on any atom is 0.315 e. The Balaban J connectivity index is 2.06. The Labute approximate surface area is 102 Å². The topological polar surface area (TPSA) is 67.4 Å². The highest BCUT2D eigenvalue weighted by atomic mass is 16.5. The molecule has 0 spiro atoms. The number of hydrogen-bond acceptors (Lipinski definition) is 3. The van der Waals surface area contributed by atoms with Crippen LogP contribution in [0.4, 0.5) is 4.79 Å². The number of rotatable bonds is 5. The molecule has 2 N–H and O–H groups in total. The molecular formula is C12H22N2O3. The molecule has 0 aliphatic heterocycles. The predicted octanol–water partition coefficient (Wildman–Crippen LogP) is 1.57. The first kappa shape index (κ1) is 13.8. The van der Waals surface area contributed by atoms with Crippen LogP contribution in [0.1, 0.15) is 45.4 Å². The highest BCUT2D eigenvalue weighted by Crippen LogP contribution is 2.16. The van der Waals surface area contributed by atoms with Gasteiger partial charge in [-0.05, 0) is 19.8 Å². The van der Waals surface area contributed by atoms with Gasteiger partial charge in [0.2, 0.25) is 0 Å². The maximum absolute atomic E-state index is 11.5. The van der Waals surface area contributed by atoms with E-state index in [0.29, 0.717) is 19.2 Å². The molecular weight excluding hydrogens is 220 g/mol. The molecule has 0 heterocycles. The molecule has 0 aromatic heterocycles. The van der Waals surface area contributed by atoms with Gasteiger partial charge in [-0.1, -0.05) is 19.3 Å². The molecule has 1 aliphatic carbocycles. The third-order valence-corrected chi connectivity index (χ3v) is 2.86. The van der Waals surface area contributed by atoms with Crippen LogP contribution >= 0.6 is 0 Å². The third-order valence-electron chi connectivity index (χ3n) is 2.86. The van der Waals surface area contributed by atoms with Crippen molar-refractivity contribution < 1.29 is 14.3 Å². The summed E-state index contributed by atoms with van der Waals surface area (Å²) >= 11 is 0. The van der Waals surface area contributed by atoms with E-state index < -0.39 is 0 Å². The lowest BCUT2D eigenvalue weighted by Gasteiger charge is -2.22. The van der Waals surface area contributed by atoms with Crippen molar-refractivity contribution in [1.29, 1.82) is 0 Å². The molecule has 0 atom stereocenters. The van der Waals surface area contributed by atoms with Gasteiger partial charge in [0, 0.05) is 12.6 Å².